The maximum atomic E-state index is 14.1. The van der Waals surface area contributed by atoms with E-state index in [2.05, 4.69) is 9.46 Å². The Morgan fingerprint density at radius 1 is 1.04 bits per heavy atom. The minimum atomic E-state index is -4.85. The lowest BCUT2D eigenvalue weighted by Gasteiger charge is -2.16. The third kappa shape index (κ3) is 2.87. The number of benzene rings is 2. The molecule has 0 spiro atoms. The number of methoxy groups -OCH3 is 1. The summed E-state index contributed by atoms with van der Waals surface area (Å²) in [5.41, 5.74) is 1.55. The van der Waals surface area contributed by atoms with Crippen molar-refractivity contribution in [2.75, 3.05) is 7.11 Å². The Balaban J connectivity index is 2.05. The van der Waals surface area contributed by atoms with E-state index >= 15 is 0 Å². The van der Waals surface area contributed by atoms with Gasteiger partial charge < -0.3 is 4.74 Å². The smallest absolute Gasteiger partial charge is 0.247 e. The number of nitrogens with one attached hydrogen (secondary N) is 1. The molecular formula is C16H13F4NO3S. The molecule has 134 valence electrons. The Labute approximate surface area is 141 Å². The SMILES string of the molecule is COc1c(F)c(F)c(S(=O)(=O)NC2CCc3ccccc32)c(F)c1F. The second kappa shape index (κ2) is 6.30. The second-order valence-corrected chi connectivity index (χ2v) is 7.18. The summed E-state index contributed by atoms with van der Waals surface area (Å²) in [6, 6.07) is 6.21. The molecule has 1 unspecified atom stereocenters. The Hall–Kier alpha value is -2.13. The highest BCUT2D eigenvalue weighted by Gasteiger charge is 2.36. The van der Waals surface area contributed by atoms with Gasteiger partial charge in [0.2, 0.25) is 21.7 Å². The van der Waals surface area contributed by atoms with Gasteiger partial charge in [-0.15, -0.1) is 0 Å². The summed E-state index contributed by atoms with van der Waals surface area (Å²) >= 11 is 0. The van der Waals surface area contributed by atoms with Gasteiger partial charge in [0, 0.05) is 6.04 Å². The maximum Gasteiger partial charge on any atom is 0.247 e. The lowest BCUT2D eigenvalue weighted by molar-refractivity contribution is 0.322. The predicted octanol–water partition coefficient (Wildman–Crippen LogP) is 3.22. The molecule has 0 fully saturated rings. The summed E-state index contributed by atoms with van der Waals surface area (Å²) < 4.78 is 86.8. The van der Waals surface area contributed by atoms with Crippen molar-refractivity contribution >= 4 is 10.0 Å². The third-order valence-electron chi connectivity index (χ3n) is 4.09. The van der Waals surface area contributed by atoms with Gasteiger partial charge in [-0.25, -0.2) is 21.9 Å². The molecule has 0 radical (unpaired) electrons. The maximum absolute atomic E-state index is 14.1. The van der Waals surface area contributed by atoms with Crippen LogP contribution in [0.3, 0.4) is 0 Å². The van der Waals surface area contributed by atoms with Gasteiger partial charge in [0.05, 0.1) is 7.11 Å². The van der Waals surface area contributed by atoms with Crippen LogP contribution >= 0.6 is 0 Å². The molecule has 0 bridgehead atoms. The van der Waals surface area contributed by atoms with Crippen LogP contribution < -0.4 is 9.46 Å². The van der Waals surface area contributed by atoms with Crippen LogP contribution in [0.25, 0.3) is 0 Å². The van der Waals surface area contributed by atoms with Crippen LogP contribution in [0.15, 0.2) is 29.2 Å². The van der Waals surface area contributed by atoms with Crippen molar-refractivity contribution in [3.63, 3.8) is 0 Å². The molecule has 0 amide bonds. The van der Waals surface area contributed by atoms with E-state index < -0.39 is 50.0 Å². The first-order valence-corrected chi connectivity index (χ1v) is 8.76. The molecule has 0 saturated heterocycles. The number of halogens is 4. The quantitative estimate of drug-likeness (QED) is 0.660. The fraction of sp³-hybridized carbons (Fsp3) is 0.250. The van der Waals surface area contributed by atoms with Gasteiger partial charge in [-0.1, -0.05) is 24.3 Å². The van der Waals surface area contributed by atoms with E-state index in [4.69, 9.17) is 0 Å². The zero-order chi connectivity index (χ0) is 18.4. The van der Waals surface area contributed by atoms with E-state index in [0.717, 1.165) is 12.7 Å². The molecule has 25 heavy (non-hydrogen) atoms. The average Bonchev–Trinajstić information content (AvgIpc) is 2.96. The molecule has 0 aliphatic heterocycles. The van der Waals surface area contributed by atoms with Gasteiger partial charge in [-0.3, -0.25) is 0 Å². The van der Waals surface area contributed by atoms with Crippen molar-refractivity contribution in [1.82, 2.24) is 4.72 Å². The van der Waals surface area contributed by atoms with E-state index in [-0.39, 0.29) is 0 Å². The standard InChI is InChI=1S/C16H13F4NO3S/c1-24-15-11(17)13(19)16(14(20)12(15)18)25(22,23)21-10-7-6-8-4-2-3-5-9(8)10/h2-5,10,21H,6-7H2,1H3. The van der Waals surface area contributed by atoms with Crippen LogP contribution in [0.4, 0.5) is 17.6 Å². The molecule has 9 heteroatoms. The molecule has 1 aliphatic rings. The van der Waals surface area contributed by atoms with E-state index in [9.17, 15) is 26.0 Å². The monoisotopic (exact) mass is 375 g/mol. The minimum absolute atomic E-state index is 0.364. The van der Waals surface area contributed by atoms with Gasteiger partial charge in [0.15, 0.2) is 22.3 Å². The Kier molecular flexibility index (Phi) is 4.46. The van der Waals surface area contributed by atoms with Crippen molar-refractivity contribution in [1.29, 1.82) is 0 Å². The molecule has 1 aliphatic carbocycles. The fourth-order valence-corrected chi connectivity index (χ4v) is 4.32. The number of rotatable bonds is 4. The largest absolute Gasteiger partial charge is 0.491 e. The summed E-state index contributed by atoms with van der Waals surface area (Å²) in [5, 5.41) is 0. The number of ether oxygens (including phenoxy) is 1. The van der Waals surface area contributed by atoms with Gasteiger partial charge in [0.1, 0.15) is 0 Å². The van der Waals surface area contributed by atoms with Gasteiger partial charge >= 0.3 is 0 Å². The Bertz CT molecular complexity index is 918. The molecule has 2 aromatic carbocycles. The highest BCUT2D eigenvalue weighted by Crippen LogP contribution is 2.35. The topological polar surface area (TPSA) is 55.4 Å². The van der Waals surface area contributed by atoms with Crippen molar-refractivity contribution < 1.29 is 30.7 Å². The molecule has 1 N–H and O–H groups in total. The number of fused-ring (bicyclic) bond motifs is 1. The zero-order valence-electron chi connectivity index (χ0n) is 12.9. The van der Waals surface area contributed by atoms with E-state index in [0.29, 0.717) is 18.4 Å². The van der Waals surface area contributed by atoms with Crippen LogP contribution in [0.5, 0.6) is 5.75 Å². The van der Waals surface area contributed by atoms with E-state index in [1.165, 1.54) is 0 Å². The zero-order valence-corrected chi connectivity index (χ0v) is 13.8. The molecule has 0 heterocycles. The number of hydrogen-bond donors (Lipinski definition) is 1. The summed E-state index contributed by atoms with van der Waals surface area (Å²) in [5.74, 6) is -9.20. The van der Waals surface area contributed by atoms with Crippen molar-refractivity contribution in [2.24, 2.45) is 0 Å². The van der Waals surface area contributed by atoms with Crippen LogP contribution in [0.2, 0.25) is 0 Å². The van der Waals surface area contributed by atoms with Crippen molar-refractivity contribution in [3.8, 4) is 5.75 Å². The van der Waals surface area contributed by atoms with Gasteiger partial charge in [-0.05, 0) is 24.0 Å². The first-order chi connectivity index (χ1) is 11.8. The lowest BCUT2D eigenvalue weighted by Crippen LogP contribution is -2.29. The summed E-state index contributed by atoms with van der Waals surface area (Å²) in [6.45, 7) is 0. The average molecular weight is 375 g/mol. The molecule has 1 atom stereocenters. The molecule has 2 aromatic rings. The predicted molar refractivity (Wildman–Crippen MR) is 80.7 cm³/mol. The summed E-state index contributed by atoms with van der Waals surface area (Å²) in [4.78, 5) is -1.70. The molecule has 4 nitrogen and oxygen atoms in total. The highest BCUT2D eigenvalue weighted by molar-refractivity contribution is 7.89. The van der Waals surface area contributed by atoms with Crippen LogP contribution in [0.1, 0.15) is 23.6 Å². The molecule has 0 aromatic heterocycles. The minimum Gasteiger partial charge on any atom is -0.491 e. The lowest BCUT2D eigenvalue weighted by atomic mass is 10.1. The Morgan fingerprint density at radius 3 is 2.24 bits per heavy atom. The number of aryl methyl sites for hydroxylation is 1. The highest BCUT2D eigenvalue weighted by atomic mass is 32.2. The number of hydrogen-bond acceptors (Lipinski definition) is 3. The van der Waals surface area contributed by atoms with Crippen LogP contribution in [0, 0.1) is 23.3 Å². The molecule has 3 rings (SSSR count). The van der Waals surface area contributed by atoms with Crippen molar-refractivity contribution in [2.45, 2.75) is 23.8 Å². The fourth-order valence-electron chi connectivity index (χ4n) is 2.93. The first-order valence-electron chi connectivity index (χ1n) is 7.28. The van der Waals surface area contributed by atoms with Gasteiger partial charge in [0.25, 0.3) is 0 Å². The van der Waals surface area contributed by atoms with Gasteiger partial charge in [-0.2, -0.15) is 8.78 Å². The second-order valence-electron chi connectivity index (χ2n) is 5.53. The van der Waals surface area contributed by atoms with Crippen molar-refractivity contribution in [3.05, 3.63) is 58.7 Å². The normalized spacial score (nSPS) is 16.8. The summed E-state index contributed by atoms with van der Waals surface area (Å²) in [6.07, 6.45) is 0.933. The van der Waals surface area contributed by atoms with E-state index in [1.807, 2.05) is 0 Å². The number of sulfonamides is 1. The summed E-state index contributed by atoms with van der Waals surface area (Å²) in [7, 11) is -4.05. The van der Waals surface area contributed by atoms with Crippen LogP contribution in [-0.2, 0) is 16.4 Å². The van der Waals surface area contributed by atoms with E-state index in [1.54, 1.807) is 24.3 Å². The van der Waals surface area contributed by atoms with Crippen LogP contribution in [-0.4, -0.2) is 15.5 Å². The third-order valence-corrected chi connectivity index (χ3v) is 5.58. The molecule has 0 saturated carbocycles. The Morgan fingerprint density at radius 2 is 1.64 bits per heavy atom. The molecular weight excluding hydrogens is 362 g/mol. The first kappa shape index (κ1) is 17.7.